The van der Waals surface area contributed by atoms with E-state index in [2.05, 4.69) is 5.32 Å². The normalized spacial score (nSPS) is 15.5. The zero-order valence-electron chi connectivity index (χ0n) is 12.3. The number of thioether (sulfide) groups is 1. The zero-order chi connectivity index (χ0) is 15.2. The third-order valence-electron chi connectivity index (χ3n) is 3.62. The van der Waals surface area contributed by atoms with Crippen molar-refractivity contribution >= 4 is 23.1 Å². The molecular formula is C14H20N2O4S. The Kier molecular flexibility index (Phi) is 5.55. The third-order valence-corrected chi connectivity index (χ3v) is 4.67. The maximum Gasteiger partial charge on any atom is 0.296 e. The second kappa shape index (κ2) is 7.40. The predicted molar refractivity (Wildman–Crippen MR) is 84.7 cm³/mol. The number of methoxy groups -OCH3 is 2. The van der Waals surface area contributed by atoms with Gasteiger partial charge in [0.2, 0.25) is 0 Å². The first-order valence-corrected chi connectivity index (χ1v) is 8.03. The van der Waals surface area contributed by atoms with Crippen LogP contribution in [0, 0.1) is 16.0 Å². The molecule has 0 aliphatic carbocycles. The average Bonchev–Trinajstić information content (AvgIpc) is 2.52. The zero-order valence-corrected chi connectivity index (χ0v) is 13.1. The summed E-state index contributed by atoms with van der Waals surface area (Å²) in [7, 11) is 2.99. The molecule has 2 rings (SSSR count). The van der Waals surface area contributed by atoms with Crippen LogP contribution in [0.2, 0.25) is 0 Å². The molecule has 1 aliphatic rings. The molecule has 0 aromatic heterocycles. The highest BCUT2D eigenvalue weighted by molar-refractivity contribution is 7.99. The van der Waals surface area contributed by atoms with Crippen molar-refractivity contribution in [2.75, 3.05) is 37.6 Å². The van der Waals surface area contributed by atoms with Crippen molar-refractivity contribution in [1.82, 2.24) is 0 Å². The summed E-state index contributed by atoms with van der Waals surface area (Å²) in [6.07, 6.45) is 2.30. The predicted octanol–water partition coefficient (Wildman–Crippen LogP) is 3.17. The number of hydrogen-bond donors (Lipinski definition) is 1. The molecule has 1 aromatic carbocycles. The number of rotatable bonds is 6. The van der Waals surface area contributed by atoms with E-state index < -0.39 is 4.92 Å². The van der Waals surface area contributed by atoms with Crippen LogP contribution in [0.15, 0.2) is 12.1 Å². The maximum atomic E-state index is 11.2. The number of anilines is 1. The van der Waals surface area contributed by atoms with Gasteiger partial charge in [-0.1, -0.05) is 0 Å². The van der Waals surface area contributed by atoms with Gasteiger partial charge in [0, 0.05) is 12.6 Å². The fraction of sp³-hybridized carbons (Fsp3) is 0.571. The Hall–Kier alpha value is -1.63. The van der Waals surface area contributed by atoms with Gasteiger partial charge in [0.15, 0.2) is 11.5 Å². The molecule has 1 heterocycles. The summed E-state index contributed by atoms with van der Waals surface area (Å²) in [6, 6.07) is 3.03. The van der Waals surface area contributed by atoms with Crippen LogP contribution < -0.4 is 14.8 Å². The van der Waals surface area contributed by atoms with Gasteiger partial charge in [-0.3, -0.25) is 10.1 Å². The van der Waals surface area contributed by atoms with Crippen LogP contribution in [0.4, 0.5) is 11.4 Å². The number of nitro groups is 1. The topological polar surface area (TPSA) is 73.6 Å². The standard InChI is InChI=1S/C14H20N2O4S/c1-19-13-7-11(12(16(17)18)8-14(13)20-2)15-9-10-3-5-21-6-4-10/h7-8,10,15H,3-6,9H2,1-2H3. The van der Waals surface area contributed by atoms with Crippen LogP contribution in [-0.4, -0.2) is 37.2 Å². The Morgan fingerprint density at radius 3 is 2.48 bits per heavy atom. The average molecular weight is 312 g/mol. The molecule has 0 amide bonds. The van der Waals surface area contributed by atoms with Crippen LogP contribution in [-0.2, 0) is 0 Å². The van der Waals surface area contributed by atoms with Gasteiger partial charge in [-0.15, -0.1) is 0 Å². The molecule has 116 valence electrons. The summed E-state index contributed by atoms with van der Waals surface area (Å²) >= 11 is 1.97. The van der Waals surface area contributed by atoms with E-state index >= 15 is 0 Å². The monoisotopic (exact) mass is 312 g/mol. The van der Waals surface area contributed by atoms with Crippen molar-refractivity contribution in [2.24, 2.45) is 5.92 Å². The molecule has 1 saturated heterocycles. The van der Waals surface area contributed by atoms with Crippen molar-refractivity contribution in [1.29, 1.82) is 0 Å². The molecule has 0 spiro atoms. The number of benzene rings is 1. The summed E-state index contributed by atoms with van der Waals surface area (Å²) in [5.41, 5.74) is 0.494. The van der Waals surface area contributed by atoms with Crippen LogP contribution in [0.5, 0.6) is 11.5 Å². The van der Waals surface area contributed by atoms with Gasteiger partial charge in [-0.05, 0) is 30.3 Å². The van der Waals surface area contributed by atoms with E-state index in [0.717, 1.165) is 19.4 Å². The van der Waals surface area contributed by atoms with E-state index in [1.54, 1.807) is 6.07 Å². The largest absolute Gasteiger partial charge is 0.493 e. The number of hydrogen-bond acceptors (Lipinski definition) is 6. The van der Waals surface area contributed by atoms with Gasteiger partial charge in [-0.25, -0.2) is 0 Å². The minimum atomic E-state index is -0.402. The lowest BCUT2D eigenvalue weighted by Crippen LogP contribution is -2.19. The minimum Gasteiger partial charge on any atom is -0.493 e. The SMILES string of the molecule is COc1cc(NCC2CCSCC2)c([N+](=O)[O-])cc1OC. The van der Waals surface area contributed by atoms with E-state index in [1.165, 1.54) is 31.8 Å². The second-order valence-electron chi connectivity index (χ2n) is 4.92. The number of nitro benzene ring substituents is 1. The lowest BCUT2D eigenvalue weighted by molar-refractivity contribution is -0.384. The van der Waals surface area contributed by atoms with Crippen molar-refractivity contribution in [2.45, 2.75) is 12.8 Å². The highest BCUT2D eigenvalue weighted by Crippen LogP contribution is 2.38. The van der Waals surface area contributed by atoms with Gasteiger partial charge < -0.3 is 14.8 Å². The van der Waals surface area contributed by atoms with E-state index in [0.29, 0.717) is 23.1 Å². The van der Waals surface area contributed by atoms with E-state index in [1.807, 2.05) is 11.8 Å². The number of ether oxygens (including phenoxy) is 2. The first-order valence-electron chi connectivity index (χ1n) is 6.87. The smallest absolute Gasteiger partial charge is 0.296 e. The molecule has 1 aromatic rings. The summed E-state index contributed by atoms with van der Waals surface area (Å²) in [4.78, 5) is 10.8. The van der Waals surface area contributed by atoms with Gasteiger partial charge in [0.1, 0.15) is 5.69 Å². The highest BCUT2D eigenvalue weighted by atomic mass is 32.2. The Balaban J connectivity index is 2.17. The lowest BCUT2D eigenvalue weighted by Gasteiger charge is -2.22. The van der Waals surface area contributed by atoms with E-state index in [-0.39, 0.29) is 5.69 Å². The Labute approximate surface area is 128 Å². The molecule has 6 nitrogen and oxygen atoms in total. The van der Waals surface area contributed by atoms with Crippen LogP contribution in [0.1, 0.15) is 12.8 Å². The Morgan fingerprint density at radius 2 is 1.90 bits per heavy atom. The summed E-state index contributed by atoms with van der Waals surface area (Å²) in [5.74, 6) is 3.76. The Bertz CT molecular complexity index is 504. The second-order valence-corrected chi connectivity index (χ2v) is 6.14. The first-order chi connectivity index (χ1) is 10.2. The fourth-order valence-electron chi connectivity index (χ4n) is 2.37. The molecule has 21 heavy (non-hydrogen) atoms. The molecule has 1 N–H and O–H groups in total. The summed E-state index contributed by atoms with van der Waals surface area (Å²) < 4.78 is 10.3. The van der Waals surface area contributed by atoms with Crippen molar-refractivity contribution in [3.8, 4) is 11.5 Å². The van der Waals surface area contributed by atoms with Gasteiger partial charge in [-0.2, -0.15) is 11.8 Å². The molecule has 7 heteroatoms. The quantitative estimate of drug-likeness (QED) is 0.642. The van der Waals surface area contributed by atoms with E-state index in [9.17, 15) is 10.1 Å². The molecular weight excluding hydrogens is 292 g/mol. The molecule has 0 saturated carbocycles. The highest BCUT2D eigenvalue weighted by Gasteiger charge is 2.21. The van der Waals surface area contributed by atoms with Gasteiger partial charge >= 0.3 is 0 Å². The molecule has 1 fully saturated rings. The molecule has 0 unspecified atom stereocenters. The van der Waals surface area contributed by atoms with Crippen LogP contribution in [0.25, 0.3) is 0 Å². The van der Waals surface area contributed by atoms with Crippen LogP contribution >= 0.6 is 11.8 Å². The maximum absolute atomic E-state index is 11.2. The van der Waals surface area contributed by atoms with Crippen LogP contribution in [0.3, 0.4) is 0 Å². The molecule has 1 aliphatic heterocycles. The lowest BCUT2D eigenvalue weighted by atomic mass is 10.0. The number of nitrogens with one attached hydrogen (secondary N) is 1. The van der Waals surface area contributed by atoms with Crippen molar-refractivity contribution in [3.05, 3.63) is 22.2 Å². The summed E-state index contributed by atoms with van der Waals surface area (Å²) in [5, 5.41) is 14.4. The summed E-state index contributed by atoms with van der Waals surface area (Å²) in [6.45, 7) is 0.747. The number of nitrogens with zero attached hydrogens (tertiary/aromatic N) is 1. The molecule has 0 bridgehead atoms. The van der Waals surface area contributed by atoms with Gasteiger partial charge in [0.05, 0.1) is 25.2 Å². The fourth-order valence-corrected chi connectivity index (χ4v) is 3.57. The third kappa shape index (κ3) is 3.93. The first kappa shape index (κ1) is 15.8. The minimum absolute atomic E-state index is 0.0119. The van der Waals surface area contributed by atoms with E-state index in [4.69, 9.17) is 9.47 Å². The van der Waals surface area contributed by atoms with Gasteiger partial charge in [0.25, 0.3) is 5.69 Å². The van der Waals surface area contributed by atoms with Crippen molar-refractivity contribution in [3.63, 3.8) is 0 Å². The molecule has 0 atom stereocenters. The Morgan fingerprint density at radius 1 is 1.29 bits per heavy atom. The molecule has 0 radical (unpaired) electrons. The van der Waals surface area contributed by atoms with Crippen molar-refractivity contribution < 1.29 is 14.4 Å².